The van der Waals surface area contributed by atoms with Crippen LogP contribution in [0.4, 0.5) is 5.69 Å². The molecule has 3 rings (SSSR count). The van der Waals surface area contributed by atoms with E-state index in [1.165, 1.54) is 0 Å². The molecule has 5 nitrogen and oxygen atoms in total. The zero-order chi connectivity index (χ0) is 16.3. The number of carbonyl (C=O) groups excluding carboxylic acids is 2. The number of pyridine rings is 1. The first-order valence-electron chi connectivity index (χ1n) is 7.34. The fourth-order valence-electron chi connectivity index (χ4n) is 2.35. The van der Waals surface area contributed by atoms with E-state index in [1.807, 2.05) is 6.07 Å². The van der Waals surface area contributed by atoms with Crippen molar-refractivity contribution in [2.24, 2.45) is 5.41 Å². The summed E-state index contributed by atoms with van der Waals surface area (Å²) < 4.78 is 0. The Kier molecular flexibility index (Phi) is 4.30. The topological polar surface area (TPSA) is 71.1 Å². The fourth-order valence-corrected chi connectivity index (χ4v) is 2.54. The van der Waals surface area contributed by atoms with Crippen LogP contribution in [0.1, 0.15) is 18.4 Å². The van der Waals surface area contributed by atoms with Crippen LogP contribution >= 0.6 is 11.6 Å². The van der Waals surface area contributed by atoms with E-state index in [2.05, 4.69) is 15.6 Å². The normalized spacial score (nSPS) is 14.8. The van der Waals surface area contributed by atoms with Gasteiger partial charge in [-0.25, -0.2) is 0 Å². The Morgan fingerprint density at radius 2 is 2.00 bits per heavy atom. The summed E-state index contributed by atoms with van der Waals surface area (Å²) >= 11 is 5.90. The summed E-state index contributed by atoms with van der Waals surface area (Å²) in [4.78, 5) is 28.8. The number of nitrogens with one attached hydrogen (secondary N) is 2. The number of hydrogen-bond acceptors (Lipinski definition) is 3. The molecule has 1 aromatic carbocycles. The van der Waals surface area contributed by atoms with Crippen LogP contribution in [-0.2, 0) is 16.1 Å². The van der Waals surface area contributed by atoms with E-state index in [9.17, 15) is 9.59 Å². The number of amides is 2. The predicted molar refractivity (Wildman–Crippen MR) is 87.8 cm³/mol. The molecular weight excluding hydrogens is 314 g/mol. The number of anilines is 1. The maximum atomic E-state index is 12.4. The molecule has 1 aromatic heterocycles. The molecule has 23 heavy (non-hydrogen) atoms. The zero-order valence-corrected chi connectivity index (χ0v) is 13.1. The molecular formula is C17H16ClN3O2. The highest BCUT2D eigenvalue weighted by atomic mass is 35.5. The third kappa shape index (κ3) is 3.51. The van der Waals surface area contributed by atoms with Crippen molar-refractivity contribution in [3.8, 4) is 0 Å². The molecule has 0 bridgehead atoms. The molecule has 1 heterocycles. The van der Waals surface area contributed by atoms with Crippen LogP contribution < -0.4 is 10.6 Å². The first-order valence-corrected chi connectivity index (χ1v) is 7.72. The third-order valence-corrected chi connectivity index (χ3v) is 4.11. The van der Waals surface area contributed by atoms with Gasteiger partial charge < -0.3 is 10.6 Å². The second-order valence-corrected chi connectivity index (χ2v) is 6.03. The Morgan fingerprint density at radius 3 is 2.65 bits per heavy atom. The molecule has 2 amide bonds. The van der Waals surface area contributed by atoms with Crippen molar-refractivity contribution in [2.45, 2.75) is 19.4 Å². The molecule has 0 atom stereocenters. The standard InChI is InChI=1S/C17H16ClN3O2/c18-13-4-1-5-14(9-13)21-16(23)17(6-7-17)15(22)20-11-12-3-2-8-19-10-12/h1-5,8-10H,6-7,11H2,(H,20,22)(H,21,23). The van der Waals surface area contributed by atoms with Crippen LogP contribution in [0.15, 0.2) is 48.8 Å². The number of halogens is 1. The molecule has 1 aliphatic rings. The van der Waals surface area contributed by atoms with Gasteiger partial charge in [-0.3, -0.25) is 14.6 Å². The van der Waals surface area contributed by atoms with Gasteiger partial charge in [-0.05, 0) is 42.7 Å². The number of hydrogen-bond donors (Lipinski definition) is 2. The number of aromatic nitrogens is 1. The van der Waals surface area contributed by atoms with Crippen LogP contribution in [-0.4, -0.2) is 16.8 Å². The molecule has 118 valence electrons. The molecule has 0 aliphatic heterocycles. The maximum Gasteiger partial charge on any atom is 0.240 e. The molecule has 1 fully saturated rings. The summed E-state index contributed by atoms with van der Waals surface area (Å²) in [6.45, 7) is 0.360. The number of carbonyl (C=O) groups is 2. The van der Waals surface area contributed by atoms with Gasteiger partial charge in [0.2, 0.25) is 11.8 Å². The second-order valence-electron chi connectivity index (χ2n) is 5.59. The molecule has 0 unspecified atom stereocenters. The Balaban J connectivity index is 1.62. The van der Waals surface area contributed by atoms with E-state index in [1.54, 1.807) is 42.7 Å². The Bertz CT molecular complexity index is 730. The molecule has 6 heteroatoms. The molecule has 2 aromatic rings. The van der Waals surface area contributed by atoms with E-state index in [4.69, 9.17) is 11.6 Å². The van der Waals surface area contributed by atoms with Crippen molar-refractivity contribution in [1.82, 2.24) is 10.3 Å². The molecule has 0 spiro atoms. The SMILES string of the molecule is O=C(NCc1cccnc1)C1(C(=O)Nc2cccc(Cl)c2)CC1. The largest absolute Gasteiger partial charge is 0.351 e. The van der Waals surface area contributed by atoms with Gasteiger partial charge in [0.05, 0.1) is 0 Å². The fraction of sp³-hybridized carbons (Fsp3) is 0.235. The van der Waals surface area contributed by atoms with E-state index in [-0.39, 0.29) is 11.8 Å². The summed E-state index contributed by atoms with van der Waals surface area (Å²) in [6, 6.07) is 10.6. The van der Waals surface area contributed by atoms with E-state index >= 15 is 0 Å². The average Bonchev–Trinajstić information content (AvgIpc) is 3.35. The Hall–Kier alpha value is -2.40. The van der Waals surface area contributed by atoms with Crippen molar-refractivity contribution < 1.29 is 9.59 Å². The molecule has 1 saturated carbocycles. The van der Waals surface area contributed by atoms with Gasteiger partial charge in [0, 0.05) is 29.6 Å². The zero-order valence-electron chi connectivity index (χ0n) is 12.4. The monoisotopic (exact) mass is 329 g/mol. The predicted octanol–water partition coefficient (Wildman–Crippen LogP) is 2.77. The van der Waals surface area contributed by atoms with Crippen molar-refractivity contribution in [3.05, 3.63) is 59.4 Å². The van der Waals surface area contributed by atoms with Gasteiger partial charge in [0.15, 0.2) is 0 Å². The molecule has 0 radical (unpaired) electrons. The van der Waals surface area contributed by atoms with Gasteiger partial charge in [0.1, 0.15) is 5.41 Å². The molecule has 0 saturated heterocycles. The van der Waals surface area contributed by atoms with Crippen LogP contribution in [0.5, 0.6) is 0 Å². The van der Waals surface area contributed by atoms with Crippen LogP contribution in [0.2, 0.25) is 5.02 Å². The first-order chi connectivity index (χ1) is 11.1. The van der Waals surface area contributed by atoms with Gasteiger partial charge in [-0.15, -0.1) is 0 Å². The lowest BCUT2D eigenvalue weighted by molar-refractivity contribution is -0.134. The van der Waals surface area contributed by atoms with E-state index in [0.29, 0.717) is 30.1 Å². The van der Waals surface area contributed by atoms with Gasteiger partial charge in [-0.2, -0.15) is 0 Å². The maximum absolute atomic E-state index is 12.4. The van der Waals surface area contributed by atoms with Crippen LogP contribution in [0, 0.1) is 5.41 Å². The van der Waals surface area contributed by atoms with Crippen molar-refractivity contribution in [2.75, 3.05) is 5.32 Å². The van der Waals surface area contributed by atoms with Gasteiger partial charge in [-0.1, -0.05) is 23.7 Å². The average molecular weight is 330 g/mol. The van der Waals surface area contributed by atoms with E-state index < -0.39 is 5.41 Å². The molecule has 2 N–H and O–H groups in total. The minimum atomic E-state index is -0.968. The van der Waals surface area contributed by atoms with Crippen molar-refractivity contribution >= 4 is 29.1 Å². The van der Waals surface area contributed by atoms with Crippen molar-refractivity contribution in [1.29, 1.82) is 0 Å². The Labute approximate surface area is 139 Å². The van der Waals surface area contributed by atoms with Gasteiger partial charge >= 0.3 is 0 Å². The number of benzene rings is 1. The summed E-state index contributed by atoms with van der Waals surface area (Å²) in [5, 5.41) is 6.12. The minimum Gasteiger partial charge on any atom is -0.351 e. The summed E-state index contributed by atoms with van der Waals surface area (Å²) in [5.74, 6) is -0.538. The van der Waals surface area contributed by atoms with Crippen LogP contribution in [0.25, 0.3) is 0 Å². The quantitative estimate of drug-likeness (QED) is 0.829. The third-order valence-electron chi connectivity index (χ3n) is 3.88. The highest BCUT2D eigenvalue weighted by Crippen LogP contribution is 2.47. The lowest BCUT2D eigenvalue weighted by Gasteiger charge is -2.15. The smallest absolute Gasteiger partial charge is 0.240 e. The highest BCUT2D eigenvalue weighted by molar-refractivity contribution is 6.31. The van der Waals surface area contributed by atoms with Crippen LogP contribution in [0.3, 0.4) is 0 Å². The number of rotatable bonds is 5. The molecule has 1 aliphatic carbocycles. The second kappa shape index (κ2) is 6.38. The summed E-state index contributed by atoms with van der Waals surface area (Å²) in [5.41, 5.74) is 0.519. The van der Waals surface area contributed by atoms with E-state index in [0.717, 1.165) is 5.56 Å². The van der Waals surface area contributed by atoms with Crippen molar-refractivity contribution in [3.63, 3.8) is 0 Å². The summed E-state index contributed by atoms with van der Waals surface area (Å²) in [7, 11) is 0. The number of nitrogens with zero attached hydrogens (tertiary/aromatic N) is 1. The first kappa shape index (κ1) is 15.5. The Morgan fingerprint density at radius 1 is 1.17 bits per heavy atom. The summed E-state index contributed by atoms with van der Waals surface area (Å²) in [6.07, 6.45) is 4.47. The minimum absolute atomic E-state index is 0.249. The highest BCUT2D eigenvalue weighted by Gasteiger charge is 2.56. The lowest BCUT2D eigenvalue weighted by Crippen LogP contribution is -2.39. The lowest BCUT2D eigenvalue weighted by atomic mass is 10.0. The van der Waals surface area contributed by atoms with Gasteiger partial charge in [0.25, 0.3) is 0 Å².